The lowest BCUT2D eigenvalue weighted by molar-refractivity contribution is 0.0572. The van der Waals surface area contributed by atoms with E-state index in [2.05, 4.69) is 10.2 Å². The van der Waals surface area contributed by atoms with Gasteiger partial charge in [-0.05, 0) is 6.07 Å². The summed E-state index contributed by atoms with van der Waals surface area (Å²) < 4.78 is 0. The summed E-state index contributed by atoms with van der Waals surface area (Å²) in [4.78, 5) is 13.6. The summed E-state index contributed by atoms with van der Waals surface area (Å²) in [6.07, 6.45) is -1.76. The number of aliphatic hydroxyl groups is 2. The number of nitrogens with one attached hydrogen (secondary N) is 1. The SMILES string of the molecule is O=C(c1cc(-c2ccccc2)n[nH]1)N1CC(O)C(O)C1. The molecule has 6 nitrogen and oxygen atoms in total. The maximum Gasteiger partial charge on any atom is 0.272 e. The van der Waals surface area contributed by atoms with E-state index in [0.717, 1.165) is 5.56 Å². The molecular weight excluding hydrogens is 258 g/mol. The number of H-pyrrole nitrogens is 1. The summed E-state index contributed by atoms with van der Waals surface area (Å²) in [5.74, 6) is -0.268. The third-order valence-electron chi connectivity index (χ3n) is 3.42. The molecule has 0 bridgehead atoms. The van der Waals surface area contributed by atoms with E-state index >= 15 is 0 Å². The van der Waals surface area contributed by atoms with Crippen molar-refractivity contribution in [3.63, 3.8) is 0 Å². The van der Waals surface area contributed by atoms with E-state index in [1.165, 1.54) is 4.90 Å². The topological polar surface area (TPSA) is 89.5 Å². The summed E-state index contributed by atoms with van der Waals surface area (Å²) in [5.41, 5.74) is 1.96. The average molecular weight is 273 g/mol. The fraction of sp³-hybridized carbons (Fsp3) is 0.286. The number of rotatable bonds is 2. The van der Waals surface area contributed by atoms with Gasteiger partial charge in [-0.1, -0.05) is 30.3 Å². The van der Waals surface area contributed by atoms with Gasteiger partial charge in [-0.2, -0.15) is 5.10 Å². The Morgan fingerprint density at radius 2 is 1.85 bits per heavy atom. The van der Waals surface area contributed by atoms with Gasteiger partial charge in [0, 0.05) is 18.7 Å². The van der Waals surface area contributed by atoms with Crippen molar-refractivity contribution in [2.75, 3.05) is 13.1 Å². The Bertz CT molecular complexity index is 601. The number of hydrogen-bond acceptors (Lipinski definition) is 4. The van der Waals surface area contributed by atoms with Crippen molar-refractivity contribution in [1.29, 1.82) is 0 Å². The third-order valence-corrected chi connectivity index (χ3v) is 3.42. The number of aromatic amines is 1. The van der Waals surface area contributed by atoms with Crippen LogP contribution in [0.2, 0.25) is 0 Å². The van der Waals surface area contributed by atoms with Gasteiger partial charge in [-0.3, -0.25) is 9.89 Å². The zero-order chi connectivity index (χ0) is 14.1. The highest BCUT2D eigenvalue weighted by Gasteiger charge is 2.33. The standard InChI is InChI=1S/C14H15N3O3/c18-12-7-17(8-13(12)19)14(20)11-6-10(15-16-11)9-4-2-1-3-5-9/h1-6,12-13,18-19H,7-8H2,(H,15,16). The molecule has 1 saturated heterocycles. The molecule has 1 aliphatic rings. The van der Waals surface area contributed by atoms with Crippen LogP contribution in [0.15, 0.2) is 36.4 Å². The van der Waals surface area contributed by atoms with Gasteiger partial charge in [0.05, 0.1) is 17.9 Å². The molecule has 104 valence electrons. The molecule has 1 amide bonds. The first-order chi connectivity index (χ1) is 9.65. The minimum absolute atomic E-state index is 0.139. The predicted molar refractivity (Wildman–Crippen MR) is 71.9 cm³/mol. The Hall–Kier alpha value is -2.18. The normalized spacial score (nSPS) is 22.2. The zero-order valence-electron chi connectivity index (χ0n) is 10.7. The highest BCUT2D eigenvalue weighted by molar-refractivity contribution is 5.93. The van der Waals surface area contributed by atoms with E-state index in [0.29, 0.717) is 11.4 Å². The van der Waals surface area contributed by atoms with Crippen molar-refractivity contribution in [1.82, 2.24) is 15.1 Å². The second kappa shape index (κ2) is 5.07. The first kappa shape index (κ1) is 12.8. The third kappa shape index (κ3) is 2.31. The van der Waals surface area contributed by atoms with Crippen LogP contribution in [0.25, 0.3) is 11.3 Å². The predicted octanol–water partition coefficient (Wildman–Crippen LogP) is 0.254. The highest BCUT2D eigenvalue weighted by atomic mass is 16.3. The Morgan fingerprint density at radius 3 is 2.50 bits per heavy atom. The minimum atomic E-state index is -0.879. The lowest BCUT2D eigenvalue weighted by Crippen LogP contribution is -2.30. The van der Waals surface area contributed by atoms with Crippen LogP contribution in [0.1, 0.15) is 10.5 Å². The van der Waals surface area contributed by atoms with Gasteiger partial charge < -0.3 is 15.1 Å². The molecule has 0 saturated carbocycles. The number of aromatic nitrogens is 2. The second-order valence-electron chi connectivity index (χ2n) is 4.88. The van der Waals surface area contributed by atoms with Gasteiger partial charge in [0.1, 0.15) is 5.69 Å². The maximum absolute atomic E-state index is 12.2. The fourth-order valence-electron chi connectivity index (χ4n) is 2.29. The van der Waals surface area contributed by atoms with Crippen LogP contribution in [0.3, 0.4) is 0 Å². The molecular formula is C14H15N3O3. The van der Waals surface area contributed by atoms with Crippen molar-refractivity contribution < 1.29 is 15.0 Å². The molecule has 2 unspecified atom stereocenters. The molecule has 1 aromatic heterocycles. The van der Waals surface area contributed by atoms with Crippen LogP contribution in [0.5, 0.6) is 0 Å². The van der Waals surface area contributed by atoms with E-state index in [4.69, 9.17) is 0 Å². The molecule has 0 radical (unpaired) electrons. The Kier molecular flexibility index (Phi) is 3.25. The molecule has 1 fully saturated rings. The number of benzene rings is 1. The molecule has 2 heterocycles. The quantitative estimate of drug-likeness (QED) is 0.732. The Labute approximate surface area is 115 Å². The largest absolute Gasteiger partial charge is 0.388 e. The molecule has 20 heavy (non-hydrogen) atoms. The molecule has 2 atom stereocenters. The molecule has 2 aromatic rings. The number of β-amino-alcohol motifs (C(OH)–C–C–N with tert-alkyl or cyclic N) is 2. The van der Waals surface area contributed by atoms with Crippen molar-refractivity contribution in [3.8, 4) is 11.3 Å². The number of amides is 1. The van der Waals surface area contributed by atoms with Crippen LogP contribution in [0.4, 0.5) is 0 Å². The second-order valence-corrected chi connectivity index (χ2v) is 4.88. The van der Waals surface area contributed by atoms with Crippen LogP contribution in [-0.4, -0.2) is 56.5 Å². The molecule has 3 N–H and O–H groups in total. The lowest BCUT2D eigenvalue weighted by Gasteiger charge is -2.13. The summed E-state index contributed by atoms with van der Waals surface area (Å²) in [7, 11) is 0. The summed E-state index contributed by atoms with van der Waals surface area (Å²) >= 11 is 0. The molecule has 1 aliphatic heterocycles. The van der Waals surface area contributed by atoms with Gasteiger partial charge in [-0.25, -0.2) is 0 Å². The van der Waals surface area contributed by atoms with Crippen molar-refractivity contribution in [3.05, 3.63) is 42.1 Å². The summed E-state index contributed by atoms with van der Waals surface area (Å²) in [6, 6.07) is 11.2. The van der Waals surface area contributed by atoms with Gasteiger partial charge in [-0.15, -0.1) is 0 Å². The zero-order valence-corrected chi connectivity index (χ0v) is 10.7. The summed E-state index contributed by atoms with van der Waals surface area (Å²) in [6.45, 7) is 0.277. The number of carbonyl (C=O) groups is 1. The molecule has 0 spiro atoms. The van der Waals surface area contributed by atoms with E-state index < -0.39 is 12.2 Å². The minimum Gasteiger partial charge on any atom is -0.388 e. The fourth-order valence-corrected chi connectivity index (χ4v) is 2.29. The molecule has 1 aromatic carbocycles. The first-order valence-corrected chi connectivity index (χ1v) is 6.41. The van der Waals surface area contributed by atoms with Gasteiger partial charge in [0.2, 0.25) is 0 Å². The molecule has 0 aliphatic carbocycles. The number of likely N-dealkylation sites (tertiary alicyclic amines) is 1. The van der Waals surface area contributed by atoms with Crippen LogP contribution in [0, 0.1) is 0 Å². The van der Waals surface area contributed by atoms with E-state index in [9.17, 15) is 15.0 Å². The highest BCUT2D eigenvalue weighted by Crippen LogP contribution is 2.19. The van der Waals surface area contributed by atoms with Gasteiger partial charge >= 0.3 is 0 Å². The van der Waals surface area contributed by atoms with E-state index in [1.807, 2.05) is 30.3 Å². The van der Waals surface area contributed by atoms with Crippen molar-refractivity contribution in [2.45, 2.75) is 12.2 Å². The smallest absolute Gasteiger partial charge is 0.272 e. The average Bonchev–Trinajstić information content (AvgIpc) is 3.07. The molecule has 3 rings (SSSR count). The van der Waals surface area contributed by atoms with Crippen LogP contribution >= 0.6 is 0 Å². The van der Waals surface area contributed by atoms with Crippen LogP contribution < -0.4 is 0 Å². The molecule has 6 heteroatoms. The van der Waals surface area contributed by atoms with E-state index in [-0.39, 0.29) is 19.0 Å². The number of aliphatic hydroxyl groups excluding tert-OH is 2. The van der Waals surface area contributed by atoms with Crippen molar-refractivity contribution in [2.24, 2.45) is 0 Å². The number of carbonyl (C=O) groups excluding carboxylic acids is 1. The first-order valence-electron chi connectivity index (χ1n) is 6.41. The number of nitrogens with zero attached hydrogens (tertiary/aromatic N) is 2. The lowest BCUT2D eigenvalue weighted by atomic mass is 10.1. The Balaban J connectivity index is 1.79. The number of hydrogen-bond donors (Lipinski definition) is 3. The van der Waals surface area contributed by atoms with Gasteiger partial charge in [0.15, 0.2) is 0 Å². The van der Waals surface area contributed by atoms with Crippen molar-refractivity contribution >= 4 is 5.91 Å². The summed E-state index contributed by atoms with van der Waals surface area (Å²) in [5, 5.41) is 25.8. The van der Waals surface area contributed by atoms with Crippen LogP contribution in [-0.2, 0) is 0 Å². The maximum atomic E-state index is 12.2. The monoisotopic (exact) mass is 273 g/mol. The van der Waals surface area contributed by atoms with E-state index in [1.54, 1.807) is 6.07 Å². The van der Waals surface area contributed by atoms with Gasteiger partial charge in [0.25, 0.3) is 5.91 Å². The Morgan fingerprint density at radius 1 is 1.20 bits per heavy atom.